The van der Waals surface area contributed by atoms with E-state index in [1.54, 1.807) is 30.0 Å². The molecule has 0 atom stereocenters. The number of hydrogen-bond donors (Lipinski definition) is 1. The van der Waals surface area contributed by atoms with Crippen LogP contribution in [0.4, 0.5) is 5.69 Å². The second-order valence-electron chi connectivity index (χ2n) is 3.49. The number of benzene rings is 1. The van der Waals surface area contributed by atoms with Crippen molar-refractivity contribution in [1.29, 1.82) is 0 Å². The van der Waals surface area contributed by atoms with Gasteiger partial charge in [0.1, 0.15) is 24.4 Å². The standard InChI is InChI=1S/C11H14N4O2/c1-15-11(13-7-14-15)6-17-8-3-4-10(16-2)9(12)5-8/h3-5,7H,6,12H2,1-2H3. The van der Waals surface area contributed by atoms with Crippen molar-refractivity contribution >= 4 is 5.69 Å². The number of nitrogens with zero attached hydrogens (tertiary/aromatic N) is 3. The summed E-state index contributed by atoms with van der Waals surface area (Å²) in [5.41, 5.74) is 6.32. The maximum absolute atomic E-state index is 5.77. The summed E-state index contributed by atoms with van der Waals surface area (Å²) in [6, 6.07) is 5.28. The van der Waals surface area contributed by atoms with Crippen molar-refractivity contribution in [2.75, 3.05) is 12.8 Å². The Morgan fingerprint density at radius 3 is 2.82 bits per heavy atom. The Bertz CT molecular complexity index is 510. The molecular formula is C11H14N4O2. The van der Waals surface area contributed by atoms with Crippen LogP contribution in [-0.2, 0) is 13.7 Å². The maximum atomic E-state index is 5.77. The van der Waals surface area contributed by atoms with Gasteiger partial charge < -0.3 is 15.2 Å². The zero-order valence-corrected chi connectivity index (χ0v) is 9.75. The molecule has 0 aliphatic carbocycles. The number of ether oxygens (including phenoxy) is 2. The van der Waals surface area contributed by atoms with Crippen molar-refractivity contribution < 1.29 is 9.47 Å². The van der Waals surface area contributed by atoms with Gasteiger partial charge in [-0.25, -0.2) is 4.98 Å². The summed E-state index contributed by atoms with van der Waals surface area (Å²) >= 11 is 0. The lowest BCUT2D eigenvalue weighted by molar-refractivity contribution is 0.289. The molecule has 0 amide bonds. The highest BCUT2D eigenvalue weighted by Gasteiger charge is 2.04. The van der Waals surface area contributed by atoms with Crippen LogP contribution >= 0.6 is 0 Å². The van der Waals surface area contributed by atoms with Crippen LogP contribution in [-0.4, -0.2) is 21.9 Å². The molecule has 17 heavy (non-hydrogen) atoms. The highest BCUT2D eigenvalue weighted by atomic mass is 16.5. The summed E-state index contributed by atoms with van der Waals surface area (Å²) < 4.78 is 12.3. The lowest BCUT2D eigenvalue weighted by Crippen LogP contribution is -2.04. The number of anilines is 1. The first-order chi connectivity index (χ1) is 8.20. The van der Waals surface area contributed by atoms with E-state index in [0.717, 1.165) is 5.82 Å². The second kappa shape index (κ2) is 4.73. The van der Waals surface area contributed by atoms with Crippen LogP contribution in [0.15, 0.2) is 24.5 Å². The highest BCUT2D eigenvalue weighted by molar-refractivity contribution is 5.56. The molecule has 2 aromatic rings. The Kier molecular flexibility index (Phi) is 3.13. The molecule has 1 heterocycles. The van der Waals surface area contributed by atoms with Gasteiger partial charge in [0.15, 0.2) is 5.82 Å². The number of hydrogen-bond acceptors (Lipinski definition) is 5. The number of aromatic nitrogens is 3. The molecule has 0 spiro atoms. The molecule has 6 heteroatoms. The molecule has 6 nitrogen and oxygen atoms in total. The van der Waals surface area contributed by atoms with E-state index in [2.05, 4.69) is 10.1 Å². The van der Waals surface area contributed by atoms with E-state index >= 15 is 0 Å². The molecule has 90 valence electrons. The lowest BCUT2D eigenvalue weighted by atomic mass is 10.3. The van der Waals surface area contributed by atoms with Gasteiger partial charge in [-0.15, -0.1) is 0 Å². The van der Waals surface area contributed by atoms with E-state index in [-0.39, 0.29) is 0 Å². The first-order valence-corrected chi connectivity index (χ1v) is 5.10. The van der Waals surface area contributed by atoms with Gasteiger partial charge in [0.2, 0.25) is 0 Å². The molecule has 0 aliphatic heterocycles. The topological polar surface area (TPSA) is 75.2 Å². The zero-order valence-electron chi connectivity index (χ0n) is 9.75. The summed E-state index contributed by atoms with van der Waals surface area (Å²) in [6.45, 7) is 0.349. The number of methoxy groups -OCH3 is 1. The van der Waals surface area contributed by atoms with Crippen LogP contribution in [0.5, 0.6) is 11.5 Å². The predicted octanol–water partition coefficient (Wildman–Crippen LogP) is 0.985. The van der Waals surface area contributed by atoms with Crippen LogP contribution in [0.2, 0.25) is 0 Å². The monoisotopic (exact) mass is 234 g/mol. The van der Waals surface area contributed by atoms with Crippen LogP contribution in [0.1, 0.15) is 5.82 Å². The van der Waals surface area contributed by atoms with Gasteiger partial charge in [0, 0.05) is 13.1 Å². The highest BCUT2D eigenvalue weighted by Crippen LogP contribution is 2.26. The second-order valence-corrected chi connectivity index (χ2v) is 3.49. The minimum absolute atomic E-state index is 0.349. The van der Waals surface area contributed by atoms with E-state index in [4.69, 9.17) is 15.2 Å². The fourth-order valence-corrected chi connectivity index (χ4v) is 1.40. The fraction of sp³-hybridized carbons (Fsp3) is 0.273. The molecule has 2 N–H and O–H groups in total. The number of nitrogens with two attached hydrogens (primary N) is 1. The van der Waals surface area contributed by atoms with Crippen molar-refractivity contribution in [3.8, 4) is 11.5 Å². The summed E-state index contributed by atoms with van der Waals surface area (Å²) in [7, 11) is 3.39. The minimum Gasteiger partial charge on any atom is -0.495 e. The SMILES string of the molecule is COc1ccc(OCc2ncnn2C)cc1N. The molecule has 1 aromatic carbocycles. The van der Waals surface area contributed by atoms with Gasteiger partial charge >= 0.3 is 0 Å². The van der Waals surface area contributed by atoms with Crippen molar-refractivity contribution in [2.24, 2.45) is 7.05 Å². The largest absolute Gasteiger partial charge is 0.495 e. The van der Waals surface area contributed by atoms with Gasteiger partial charge in [0.25, 0.3) is 0 Å². The fourth-order valence-electron chi connectivity index (χ4n) is 1.40. The van der Waals surface area contributed by atoms with Gasteiger partial charge in [-0.1, -0.05) is 0 Å². The third-order valence-corrected chi connectivity index (χ3v) is 2.37. The Hall–Kier alpha value is -2.24. The van der Waals surface area contributed by atoms with Crippen molar-refractivity contribution in [3.63, 3.8) is 0 Å². The Balaban J connectivity index is 2.05. The van der Waals surface area contributed by atoms with Crippen LogP contribution < -0.4 is 15.2 Å². The number of aryl methyl sites for hydroxylation is 1. The Labute approximate surface area is 99.0 Å². The van der Waals surface area contributed by atoms with Crippen molar-refractivity contribution in [2.45, 2.75) is 6.61 Å². The van der Waals surface area contributed by atoms with Crippen LogP contribution in [0.25, 0.3) is 0 Å². The molecule has 0 saturated heterocycles. The first kappa shape index (κ1) is 11.3. The Morgan fingerprint density at radius 2 is 2.24 bits per heavy atom. The molecule has 0 bridgehead atoms. The predicted molar refractivity (Wildman–Crippen MR) is 62.7 cm³/mol. The average molecular weight is 234 g/mol. The van der Waals surface area contributed by atoms with E-state index in [1.807, 2.05) is 7.05 Å². The van der Waals surface area contributed by atoms with Crippen molar-refractivity contribution in [3.05, 3.63) is 30.4 Å². The van der Waals surface area contributed by atoms with E-state index in [0.29, 0.717) is 23.8 Å². The van der Waals surface area contributed by atoms with Gasteiger partial charge in [0.05, 0.1) is 12.8 Å². The maximum Gasteiger partial charge on any atom is 0.164 e. The smallest absolute Gasteiger partial charge is 0.164 e. The normalized spacial score (nSPS) is 10.2. The van der Waals surface area contributed by atoms with E-state index in [9.17, 15) is 0 Å². The van der Waals surface area contributed by atoms with Crippen LogP contribution in [0.3, 0.4) is 0 Å². The van der Waals surface area contributed by atoms with E-state index < -0.39 is 0 Å². The number of nitrogen functional groups attached to an aromatic ring is 1. The third-order valence-electron chi connectivity index (χ3n) is 2.37. The summed E-state index contributed by atoms with van der Waals surface area (Å²) in [5.74, 6) is 2.06. The molecule has 1 aromatic heterocycles. The summed E-state index contributed by atoms with van der Waals surface area (Å²) in [6.07, 6.45) is 1.49. The zero-order chi connectivity index (χ0) is 12.3. The van der Waals surface area contributed by atoms with Gasteiger partial charge in [-0.05, 0) is 12.1 Å². The molecule has 0 fully saturated rings. The molecule has 0 aliphatic rings. The summed E-state index contributed by atoms with van der Waals surface area (Å²) in [5, 5.41) is 3.95. The molecule has 2 rings (SSSR count). The van der Waals surface area contributed by atoms with Gasteiger partial charge in [-0.3, -0.25) is 4.68 Å². The third kappa shape index (κ3) is 2.47. The lowest BCUT2D eigenvalue weighted by Gasteiger charge is -2.08. The van der Waals surface area contributed by atoms with E-state index in [1.165, 1.54) is 6.33 Å². The molecular weight excluding hydrogens is 220 g/mol. The van der Waals surface area contributed by atoms with Gasteiger partial charge in [-0.2, -0.15) is 5.10 Å². The molecule has 0 radical (unpaired) electrons. The molecule has 0 unspecified atom stereocenters. The van der Waals surface area contributed by atoms with Crippen LogP contribution in [0, 0.1) is 0 Å². The average Bonchev–Trinajstić information content (AvgIpc) is 2.72. The Morgan fingerprint density at radius 1 is 1.41 bits per heavy atom. The number of rotatable bonds is 4. The minimum atomic E-state index is 0.349. The first-order valence-electron chi connectivity index (χ1n) is 5.10. The quantitative estimate of drug-likeness (QED) is 0.798. The summed E-state index contributed by atoms with van der Waals surface area (Å²) in [4.78, 5) is 4.06. The molecule has 0 saturated carbocycles. The van der Waals surface area contributed by atoms with Crippen molar-refractivity contribution in [1.82, 2.24) is 14.8 Å².